The van der Waals surface area contributed by atoms with Crippen molar-refractivity contribution in [1.82, 2.24) is 0 Å². The van der Waals surface area contributed by atoms with Gasteiger partial charge < -0.3 is 15.2 Å². The monoisotopic (exact) mass is 216 g/mol. The van der Waals surface area contributed by atoms with Crippen molar-refractivity contribution in [2.75, 3.05) is 6.79 Å². The molecular weight excluding hydrogens is 204 g/mol. The minimum atomic E-state index is -0.353. The highest BCUT2D eigenvalue weighted by Gasteiger charge is 2.49. The molecule has 1 aliphatic carbocycles. The van der Waals surface area contributed by atoms with Crippen LogP contribution in [-0.2, 0) is 0 Å². The summed E-state index contributed by atoms with van der Waals surface area (Å²) in [5.74, 6) is 1.47. The van der Waals surface area contributed by atoms with Crippen molar-refractivity contribution in [1.29, 1.82) is 5.26 Å². The van der Waals surface area contributed by atoms with Crippen LogP contribution in [0.1, 0.15) is 24.4 Å². The van der Waals surface area contributed by atoms with Gasteiger partial charge in [-0.25, -0.2) is 0 Å². The van der Waals surface area contributed by atoms with Crippen LogP contribution in [0, 0.1) is 16.7 Å². The highest BCUT2D eigenvalue weighted by atomic mass is 16.7. The molecule has 2 N–H and O–H groups in total. The van der Waals surface area contributed by atoms with Crippen molar-refractivity contribution >= 4 is 0 Å². The molecule has 0 amide bonds. The van der Waals surface area contributed by atoms with Gasteiger partial charge in [-0.3, -0.25) is 0 Å². The first kappa shape index (κ1) is 9.49. The molecule has 0 bridgehead atoms. The van der Waals surface area contributed by atoms with Gasteiger partial charge in [0.15, 0.2) is 11.5 Å². The van der Waals surface area contributed by atoms with Crippen LogP contribution in [0.4, 0.5) is 0 Å². The lowest BCUT2D eigenvalue weighted by Crippen LogP contribution is -2.21. The summed E-state index contributed by atoms with van der Waals surface area (Å²) in [4.78, 5) is 0. The molecule has 1 atom stereocenters. The fourth-order valence-electron chi connectivity index (χ4n) is 2.05. The predicted molar refractivity (Wildman–Crippen MR) is 56.8 cm³/mol. The standard InChI is InChI=1S/C12H12N2O2/c13-6-12(3-4-12)11(14)8-1-2-9-10(5-8)16-7-15-9/h1-2,5,11H,3-4,7,14H2. The van der Waals surface area contributed by atoms with E-state index in [2.05, 4.69) is 6.07 Å². The summed E-state index contributed by atoms with van der Waals surface area (Å²) in [6.07, 6.45) is 1.78. The molecule has 0 aromatic heterocycles. The third-order valence-electron chi connectivity index (χ3n) is 3.36. The molecule has 3 rings (SSSR count). The lowest BCUT2D eigenvalue weighted by Gasteiger charge is -2.16. The van der Waals surface area contributed by atoms with Crippen LogP contribution in [0.3, 0.4) is 0 Å². The number of benzene rings is 1. The first-order chi connectivity index (χ1) is 7.75. The zero-order valence-corrected chi connectivity index (χ0v) is 8.77. The summed E-state index contributed by atoms with van der Waals surface area (Å²) in [6.45, 7) is 0.261. The van der Waals surface area contributed by atoms with Gasteiger partial charge in [-0.15, -0.1) is 0 Å². The minimum absolute atomic E-state index is 0.230. The second kappa shape index (κ2) is 3.13. The third kappa shape index (κ3) is 1.25. The second-order valence-electron chi connectivity index (χ2n) is 4.36. The molecule has 1 saturated carbocycles. The Kier molecular flexibility index (Phi) is 1.86. The summed E-state index contributed by atoms with van der Waals surface area (Å²) in [7, 11) is 0. The molecule has 4 heteroatoms. The maximum absolute atomic E-state index is 9.10. The molecule has 16 heavy (non-hydrogen) atoms. The Hall–Kier alpha value is -1.73. The first-order valence-electron chi connectivity index (χ1n) is 5.32. The lowest BCUT2D eigenvalue weighted by molar-refractivity contribution is 0.174. The van der Waals surface area contributed by atoms with Crippen LogP contribution in [0.15, 0.2) is 18.2 Å². The summed E-state index contributed by atoms with van der Waals surface area (Å²) < 4.78 is 10.5. The van der Waals surface area contributed by atoms with Crippen molar-refractivity contribution < 1.29 is 9.47 Å². The molecule has 0 spiro atoms. The molecule has 1 unspecified atom stereocenters. The van der Waals surface area contributed by atoms with E-state index < -0.39 is 0 Å². The Balaban J connectivity index is 1.93. The summed E-state index contributed by atoms with van der Waals surface area (Å²) in [5, 5.41) is 9.10. The summed E-state index contributed by atoms with van der Waals surface area (Å²) in [5.41, 5.74) is 6.72. The zero-order valence-electron chi connectivity index (χ0n) is 8.77. The van der Waals surface area contributed by atoms with Gasteiger partial charge in [0.25, 0.3) is 0 Å². The van der Waals surface area contributed by atoms with Crippen LogP contribution in [0.2, 0.25) is 0 Å². The van der Waals surface area contributed by atoms with E-state index in [-0.39, 0.29) is 18.2 Å². The number of fused-ring (bicyclic) bond motifs is 1. The molecule has 2 aliphatic rings. The maximum Gasteiger partial charge on any atom is 0.231 e. The van der Waals surface area contributed by atoms with Crippen LogP contribution in [-0.4, -0.2) is 6.79 Å². The average Bonchev–Trinajstić information content (AvgIpc) is 2.98. The number of ether oxygens (including phenoxy) is 2. The molecule has 82 valence electrons. The second-order valence-corrected chi connectivity index (χ2v) is 4.36. The maximum atomic E-state index is 9.10. The molecule has 1 aromatic carbocycles. The predicted octanol–water partition coefficient (Wildman–Crippen LogP) is 1.72. The van der Waals surface area contributed by atoms with Gasteiger partial charge in [0.05, 0.1) is 11.5 Å². The van der Waals surface area contributed by atoms with Gasteiger partial charge >= 0.3 is 0 Å². The third-order valence-corrected chi connectivity index (χ3v) is 3.36. The van der Waals surface area contributed by atoms with E-state index in [0.29, 0.717) is 0 Å². The number of hydrogen-bond acceptors (Lipinski definition) is 4. The van der Waals surface area contributed by atoms with Crippen molar-refractivity contribution in [3.8, 4) is 17.6 Å². The molecule has 1 fully saturated rings. The van der Waals surface area contributed by atoms with Gasteiger partial charge in [0.2, 0.25) is 6.79 Å². The minimum Gasteiger partial charge on any atom is -0.454 e. The lowest BCUT2D eigenvalue weighted by atomic mass is 9.92. The number of nitrogens with zero attached hydrogens (tertiary/aromatic N) is 1. The number of nitriles is 1. The summed E-state index contributed by atoms with van der Waals surface area (Å²) >= 11 is 0. The van der Waals surface area contributed by atoms with E-state index in [9.17, 15) is 0 Å². The van der Waals surface area contributed by atoms with E-state index in [1.54, 1.807) is 0 Å². The average molecular weight is 216 g/mol. The van der Waals surface area contributed by atoms with Gasteiger partial charge in [0, 0.05) is 6.04 Å². The zero-order chi connectivity index (χ0) is 11.2. The van der Waals surface area contributed by atoms with Crippen LogP contribution in [0.25, 0.3) is 0 Å². The van der Waals surface area contributed by atoms with E-state index in [1.807, 2.05) is 18.2 Å². The van der Waals surface area contributed by atoms with E-state index in [1.165, 1.54) is 0 Å². The molecule has 0 radical (unpaired) electrons. The van der Waals surface area contributed by atoms with E-state index >= 15 is 0 Å². The Morgan fingerprint density at radius 1 is 1.31 bits per heavy atom. The molecule has 0 saturated heterocycles. The molecular formula is C12H12N2O2. The quantitative estimate of drug-likeness (QED) is 0.817. The molecule has 4 nitrogen and oxygen atoms in total. The van der Waals surface area contributed by atoms with Crippen molar-refractivity contribution in [2.24, 2.45) is 11.1 Å². The number of hydrogen-bond donors (Lipinski definition) is 1. The Bertz CT molecular complexity index is 474. The SMILES string of the molecule is N#CC1(C(N)c2ccc3c(c2)OCO3)CC1. The van der Waals surface area contributed by atoms with E-state index in [4.69, 9.17) is 20.5 Å². The fraction of sp³-hybridized carbons (Fsp3) is 0.417. The van der Waals surface area contributed by atoms with Crippen LogP contribution in [0.5, 0.6) is 11.5 Å². The Morgan fingerprint density at radius 3 is 2.75 bits per heavy atom. The molecule has 1 aliphatic heterocycles. The van der Waals surface area contributed by atoms with Crippen molar-refractivity contribution in [3.63, 3.8) is 0 Å². The normalized spacial score (nSPS) is 21.2. The molecule has 1 heterocycles. The first-order valence-corrected chi connectivity index (χ1v) is 5.32. The van der Waals surface area contributed by atoms with Gasteiger partial charge in [-0.1, -0.05) is 6.07 Å². The topological polar surface area (TPSA) is 68.3 Å². The number of nitrogens with two attached hydrogens (primary N) is 1. The van der Waals surface area contributed by atoms with Crippen molar-refractivity contribution in [2.45, 2.75) is 18.9 Å². The smallest absolute Gasteiger partial charge is 0.231 e. The highest BCUT2D eigenvalue weighted by molar-refractivity contribution is 5.46. The van der Waals surface area contributed by atoms with Gasteiger partial charge in [0.1, 0.15) is 0 Å². The molecule has 1 aromatic rings. The largest absolute Gasteiger partial charge is 0.454 e. The van der Waals surface area contributed by atoms with Crippen LogP contribution < -0.4 is 15.2 Å². The Labute approximate surface area is 93.6 Å². The highest BCUT2D eigenvalue weighted by Crippen LogP contribution is 2.53. The fourth-order valence-corrected chi connectivity index (χ4v) is 2.05. The number of rotatable bonds is 2. The Morgan fingerprint density at radius 2 is 2.06 bits per heavy atom. The van der Waals surface area contributed by atoms with Gasteiger partial charge in [-0.2, -0.15) is 5.26 Å². The van der Waals surface area contributed by atoms with Gasteiger partial charge in [-0.05, 0) is 30.5 Å². The van der Waals surface area contributed by atoms with Crippen molar-refractivity contribution in [3.05, 3.63) is 23.8 Å². The van der Waals surface area contributed by atoms with Crippen LogP contribution >= 0.6 is 0 Å². The van der Waals surface area contributed by atoms with E-state index in [0.717, 1.165) is 29.9 Å². The summed E-state index contributed by atoms with van der Waals surface area (Å²) in [6, 6.07) is 7.74.